The van der Waals surface area contributed by atoms with Crippen LogP contribution < -0.4 is 0 Å². The third-order valence-corrected chi connectivity index (χ3v) is 4.35. The van der Waals surface area contributed by atoms with Crippen molar-refractivity contribution in [2.24, 2.45) is 0 Å². The molecule has 0 aliphatic heterocycles. The van der Waals surface area contributed by atoms with Crippen molar-refractivity contribution in [2.45, 2.75) is 37.2 Å². The molecule has 0 heterocycles. The first-order valence-electron chi connectivity index (χ1n) is 5.37. The molecule has 1 rings (SSSR count). The van der Waals surface area contributed by atoms with Gasteiger partial charge in [-0.15, -0.1) is 0 Å². The van der Waals surface area contributed by atoms with E-state index in [1.54, 1.807) is 6.07 Å². The lowest BCUT2D eigenvalue weighted by Gasteiger charge is -2.24. The third kappa shape index (κ3) is 3.39. The summed E-state index contributed by atoms with van der Waals surface area (Å²) in [4.78, 5) is 0.431. The van der Waals surface area contributed by atoms with Crippen molar-refractivity contribution in [3.8, 4) is 0 Å². The summed E-state index contributed by atoms with van der Waals surface area (Å²) in [5.74, 6) is -0.244. The summed E-state index contributed by atoms with van der Waals surface area (Å²) in [5, 5.41) is 10.0. The molecule has 0 fully saturated rings. The standard InChI is InChI=1S/C12H17FO2S/c1-3-12(14,4-2)9-16(15)11-7-5-6-10(13)8-11/h5-8,14H,3-4,9H2,1-2H3. The van der Waals surface area contributed by atoms with Crippen molar-refractivity contribution in [3.63, 3.8) is 0 Å². The Morgan fingerprint density at radius 3 is 2.50 bits per heavy atom. The lowest BCUT2D eigenvalue weighted by Crippen LogP contribution is -2.33. The van der Waals surface area contributed by atoms with E-state index in [2.05, 4.69) is 0 Å². The number of rotatable bonds is 5. The van der Waals surface area contributed by atoms with E-state index in [0.29, 0.717) is 17.7 Å². The average Bonchev–Trinajstić information content (AvgIpc) is 2.29. The van der Waals surface area contributed by atoms with Gasteiger partial charge in [0, 0.05) is 4.90 Å². The molecule has 1 unspecified atom stereocenters. The molecule has 0 saturated heterocycles. The van der Waals surface area contributed by atoms with Crippen molar-refractivity contribution in [3.05, 3.63) is 30.1 Å². The maximum Gasteiger partial charge on any atom is 0.124 e. The Labute approximate surface area is 98.0 Å². The Kier molecular flexibility index (Phi) is 4.62. The molecule has 0 aromatic heterocycles. The van der Waals surface area contributed by atoms with E-state index in [0.717, 1.165) is 0 Å². The summed E-state index contributed by atoms with van der Waals surface area (Å²) in [7, 11) is -1.35. The van der Waals surface area contributed by atoms with Gasteiger partial charge in [-0.25, -0.2) is 4.39 Å². The van der Waals surface area contributed by atoms with Gasteiger partial charge in [-0.3, -0.25) is 4.21 Å². The van der Waals surface area contributed by atoms with E-state index in [1.807, 2.05) is 13.8 Å². The van der Waals surface area contributed by atoms with Gasteiger partial charge >= 0.3 is 0 Å². The molecule has 2 nitrogen and oxygen atoms in total. The van der Waals surface area contributed by atoms with Gasteiger partial charge in [0.15, 0.2) is 0 Å². The largest absolute Gasteiger partial charge is 0.389 e. The van der Waals surface area contributed by atoms with Crippen molar-refractivity contribution in [1.29, 1.82) is 0 Å². The van der Waals surface area contributed by atoms with Crippen LogP contribution in [-0.2, 0) is 10.8 Å². The summed E-state index contributed by atoms with van der Waals surface area (Å²) in [6.07, 6.45) is 1.09. The smallest absolute Gasteiger partial charge is 0.124 e. The van der Waals surface area contributed by atoms with Crippen LogP contribution in [0.5, 0.6) is 0 Å². The summed E-state index contributed by atoms with van der Waals surface area (Å²) in [5.41, 5.74) is -0.919. The maximum absolute atomic E-state index is 12.9. The van der Waals surface area contributed by atoms with E-state index in [1.165, 1.54) is 18.2 Å². The molecular formula is C12H17FO2S. The van der Waals surface area contributed by atoms with Crippen molar-refractivity contribution < 1.29 is 13.7 Å². The molecule has 1 aromatic carbocycles. The molecule has 90 valence electrons. The van der Waals surface area contributed by atoms with E-state index in [4.69, 9.17) is 0 Å². The Morgan fingerprint density at radius 1 is 1.38 bits per heavy atom. The lowest BCUT2D eigenvalue weighted by molar-refractivity contribution is 0.0563. The normalized spacial score (nSPS) is 13.8. The van der Waals surface area contributed by atoms with Crippen LogP contribution >= 0.6 is 0 Å². The van der Waals surface area contributed by atoms with Crippen molar-refractivity contribution >= 4 is 10.8 Å². The minimum Gasteiger partial charge on any atom is -0.389 e. The molecule has 0 radical (unpaired) electrons. The molecular weight excluding hydrogens is 227 g/mol. The quantitative estimate of drug-likeness (QED) is 0.864. The number of hydrogen-bond acceptors (Lipinski definition) is 2. The number of benzene rings is 1. The molecule has 1 atom stereocenters. The molecule has 0 aliphatic rings. The van der Waals surface area contributed by atoms with Gasteiger partial charge in [-0.05, 0) is 31.0 Å². The van der Waals surface area contributed by atoms with Crippen LogP contribution in [0.3, 0.4) is 0 Å². The van der Waals surface area contributed by atoms with E-state index < -0.39 is 22.2 Å². The van der Waals surface area contributed by atoms with Gasteiger partial charge < -0.3 is 5.11 Å². The van der Waals surface area contributed by atoms with E-state index in [-0.39, 0.29) is 5.75 Å². The highest BCUT2D eigenvalue weighted by Crippen LogP contribution is 2.19. The van der Waals surface area contributed by atoms with Gasteiger partial charge in [0.05, 0.1) is 22.2 Å². The molecule has 0 aliphatic carbocycles. The van der Waals surface area contributed by atoms with Gasteiger partial charge in [-0.1, -0.05) is 19.9 Å². The van der Waals surface area contributed by atoms with Crippen LogP contribution in [-0.4, -0.2) is 20.7 Å². The zero-order valence-electron chi connectivity index (χ0n) is 9.57. The Morgan fingerprint density at radius 2 is 2.00 bits per heavy atom. The summed E-state index contributed by atoms with van der Waals surface area (Å²) < 4.78 is 24.8. The van der Waals surface area contributed by atoms with E-state index in [9.17, 15) is 13.7 Å². The van der Waals surface area contributed by atoms with E-state index >= 15 is 0 Å². The Hall–Kier alpha value is -0.740. The predicted molar refractivity (Wildman–Crippen MR) is 63.2 cm³/mol. The fourth-order valence-electron chi connectivity index (χ4n) is 1.39. The van der Waals surface area contributed by atoms with Gasteiger partial charge in [-0.2, -0.15) is 0 Å². The van der Waals surface area contributed by atoms with Gasteiger partial charge in [0.2, 0.25) is 0 Å². The first-order valence-corrected chi connectivity index (χ1v) is 6.69. The van der Waals surface area contributed by atoms with Crippen LogP contribution in [0.25, 0.3) is 0 Å². The maximum atomic E-state index is 12.9. The highest BCUT2D eigenvalue weighted by Gasteiger charge is 2.25. The average molecular weight is 244 g/mol. The monoisotopic (exact) mass is 244 g/mol. The Balaban J connectivity index is 2.80. The zero-order chi connectivity index (χ0) is 12.2. The molecule has 1 aromatic rings. The predicted octanol–water partition coefficient (Wildman–Crippen LogP) is 2.48. The molecule has 0 saturated carbocycles. The second kappa shape index (κ2) is 5.55. The second-order valence-electron chi connectivity index (χ2n) is 3.88. The molecule has 0 bridgehead atoms. The summed E-state index contributed by atoms with van der Waals surface area (Å²) >= 11 is 0. The van der Waals surface area contributed by atoms with Gasteiger partial charge in [0.25, 0.3) is 0 Å². The minimum absolute atomic E-state index is 0.156. The first kappa shape index (κ1) is 13.3. The molecule has 1 N–H and O–H groups in total. The third-order valence-electron chi connectivity index (χ3n) is 2.77. The lowest BCUT2D eigenvalue weighted by atomic mass is 10.0. The van der Waals surface area contributed by atoms with Gasteiger partial charge in [0.1, 0.15) is 5.82 Å². The zero-order valence-corrected chi connectivity index (χ0v) is 10.4. The Bertz CT molecular complexity index is 375. The molecule has 16 heavy (non-hydrogen) atoms. The number of halogens is 1. The molecule has 0 spiro atoms. The molecule has 4 heteroatoms. The molecule has 0 amide bonds. The van der Waals surface area contributed by atoms with Crippen molar-refractivity contribution in [2.75, 3.05) is 5.75 Å². The first-order chi connectivity index (χ1) is 7.50. The fourth-order valence-corrected chi connectivity index (χ4v) is 2.93. The second-order valence-corrected chi connectivity index (χ2v) is 5.33. The summed E-state index contributed by atoms with van der Waals surface area (Å²) in [6.45, 7) is 3.71. The highest BCUT2D eigenvalue weighted by atomic mass is 32.2. The van der Waals surface area contributed by atoms with Crippen LogP contribution in [0.15, 0.2) is 29.2 Å². The SMILES string of the molecule is CCC(O)(CC)CS(=O)c1cccc(F)c1. The van der Waals surface area contributed by atoms with Crippen LogP contribution in [0.1, 0.15) is 26.7 Å². The minimum atomic E-state index is -1.35. The number of aliphatic hydroxyl groups is 1. The highest BCUT2D eigenvalue weighted by molar-refractivity contribution is 7.85. The van der Waals surface area contributed by atoms with Crippen LogP contribution in [0.2, 0.25) is 0 Å². The fraction of sp³-hybridized carbons (Fsp3) is 0.500. The van der Waals surface area contributed by atoms with Crippen LogP contribution in [0, 0.1) is 5.82 Å². The van der Waals surface area contributed by atoms with Crippen LogP contribution in [0.4, 0.5) is 4.39 Å². The number of hydrogen-bond donors (Lipinski definition) is 1. The van der Waals surface area contributed by atoms with Crippen molar-refractivity contribution in [1.82, 2.24) is 0 Å². The summed E-state index contributed by atoms with van der Waals surface area (Å²) in [6, 6.07) is 5.71. The topological polar surface area (TPSA) is 37.3 Å².